The Kier molecular flexibility index (Phi) is 4.13. The van der Waals surface area contributed by atoms with Crippen LogP contribution in [0.25, 0.3) is 11.2 Å². The number of hydrogen-bond acceptors (Lipinski definition) is 3. The maximum Gasteiger partial charge on any atom is 0.364 e. The number of aromatic nitrogens is 4. The van der Waals surface area contributed by atoms with Crippen molar-refractivity contribution in [3.8, 4) is 0 Å². The van der Waals surface area contributed by atoms with Gasteiger partial charge in [-0.3, -0.25) is 13.9 Å². The summed E-state index contributed by atoms with van der Waals surface area (Å²) in [6.07, 6.45) is 0.704. The van der Waals surface area contributed by atoms with Gasteiger partial charge in [0.2, 0.25) is 11.2 Å². The summed E-state index contributed by atoms with van der Waals surface area (Å²) in [5, 5.41) is 0. The number of benzene rings is 1. The second kappa shape index (κ2) is 6.37. The molecular weight excluding hydrogens is 349 g/mol. The molecule has 1 aliphatic rings. The summed E-state index contributed by atoms with van der Waals surface area (Å²) < 4.78 is 18.1. The van der Waals surface area contributed by atoms with Crippen molar-refractivity contribution < 1.29 is 8.96 Å². The van der Waals surface area contributed by atoms with Crippen LogP contribution in [0.4, 0.5) is 16.0 Å². The zero-order chi connectivity index (χ0) is 19.3. The zero-order valence-corrected chi connectivity index (χ0v) is 15.7. The molecule has 1 N–H and O–H groups in total. The van der Waals surface area contributed by atoms with Crippen molar-refractivity contribution in [1.82, 2.24) is 14.1 Å². The average Bonchev–Trinajstić information content (AvgIpc) is 3.03. The third-order valence-corrected chi connectivity index (χ3v) is 5.11. The van der Waals surface area contributed by atoms with Gasteiger partial charge in [0.15, 0.2) is 0 Å². The first kappa shape index (κ1) is 17.5. The fourth-order valence-corrected chi connectivity index (χ4v) is 3.85. The van der Waals surface area contributed by atoms with Crippen LogP contribution in [-0.4, -0.2) is 20.7 Å². The highest BCUT2D eigenvalue weighted by atomic mass is 19.1. The zero-order valence-electron chi connectivity index (χ0n) is 15.7. The number of imidazole rings is 1. The summed E-state index contributed by atoms with van der Waals surface area (Å²) in [5.74, 6) is 0.719. The lowest BCUT2D eigenvalue weighted by atomic mass is 10.1. The van der Waals surface area contributed by atoms with Crippen LogP contribution in [0.2, 0.25) is 0 Å². The lowest BCUT2D eigenvalue weighted by Gasteiger charge is -2.26. The van der Waals surface area contributed by atoms with E-state index in [0.717, 1.165) is 18.2 Å². The highest BCUT2D eigenvalue weighted by Crippen LogP contribution is 2.27. The molecule has 27 heavy (non-hydrogen) atoms. The largest absolute Gasteiger partial charge is 0.364 e. The van der Waals surface area contributed by atoms with Crippen molar-refractivity contribution in [2.75, 3.05) is 11.4 Å². The summed E-state index contributed by atoms with van der Waals surface area (Å²) in [5.41, 5.74) is 1.25. The van der Waals surface area contributed by atoms with E-state index < -0.39 is 0 Å². The number of rotatable bonds is 3. The predicted molar refractivity (Wildman–Crippen MR) is 101 cm³/mol. The quantitative estimate of drug-likeness (QED) is 0.711. The van der Waals surface area contributed by atoms with Crippen LogP contribution >= 0.6 is 0 Å². The Morgan fingerprint density at radius 2 is 1.96 bits per heavy atom. The highest BCUT2D eigenvalue weighted by molar-refractivity contribution is 5.70. The summed E-state index contributed by atoms with van der Waals surface area (Å²) in [4.78, 5) is 31.0. The van der Waals surface area contributed by atoms with E-state index >= 15 is 0 Å². The topological polar surface area (TPSA) is 66.9 Å². The van der Waals surface area contributed by atoms with Gasteiger partial charge in [0.25, 0.3) is 5.56 Å². The number of halogens is 1. The molecule has 0 fully saturated rings. The maximum absolute atomic E-state index is 13.3. The van der Waals surface area contributed by atoms with Crippen molar-refractivity contribution in [2.24, 2.45) is 13.0 Å². The first-order valence-corrected chi connectivity index (χ1v) is 9.20. The number of aromatic amines is 1. The van der Waals surface area contributed by atoms with E-state index in [2.05, 4.69) is 11.9 Å². The first-order valence-electron chi connectivity index (χ1n) is 9.20. The Labute approximate surface area is 155 Å². The molecule has 0 unspecified atom stereocenters. The standard InChI is InChI=1S/C19H22FN5O2/c1-4-9-23-17(26)15-16(22(3)19(23)27)21-18-24(10-12(2)11-25(15)18)14-7-5-13(20)6-8-14/h5-8,12H,4,9-11H2,1-3H3/p+1/t12-/m0/s1. The van der Waals surface area contributed by atoms with Crippen molar-refractivity contribution >= 4 is 22.8 Å². The molecule has 0 saturated carbocycles. The second-order valence-corrected chi connectivity index (χ2v) is 7.25. The van der Waals surface area contributed by atoms with Crippen LogP contribution in [0.15, 0.2) is 33.9 Å². The molecule has 0 bridgehead atoms. The van der Waals surface area contributed by atoms with Gasteiger partial charge < -0.3 is 0 Å². The molecule has 0 saturated heterocycles. The minimum atomic E-state index is -0.324. The maximum atomic E-state index is 13.3. The Balaban J connectivity index is 2.00. The number of hydrogen-bond donors (Lipinski definition) is 1. The number of anilines is 2. The van der Waals surface area contributed by atoms with Gasteiger partial charge in [-0.15, -0.1) is 0 Å². The minimum absolute atomic E-state index is 0.273. The Morgan fingerprint density at radius 1 is 1.26 bits per heavy atom. The second-order valence-electron chi connectivity index (χ2n) is 7.25. The summed E-state index contributed by atoms with van der Waals surface area (Å²) in [6.45, 7) is 5.84. The van der Waals surface area contributed by atoms with E-state index in [1.807, 2.05) is 16.4 Å². The average molecular weight is 372 g/mol. The molecule has 7 nitrogen and oxygen atoms in total. The van der Waals surface area contributed by atoms with Crippen molar-refractivity contribution in [1.29, 1.82) is 0 Å². The van der Waals surface area contributed by atoms with Crippen LogP contribution in [0.3, 0.4) is 0 Å². The summed E-state index contributed by atoms with van der Waals surface area (Å²) in [6, 6.07) is 6.28. The van der Waals surface area contributed by atoms with Gasteiger partial charge in [0.1, 0.15) is 11.5 Å². The molecule has 4 rings (SSSR count). The third kappa shape index (κ3) is 2.67. The molecule has 8 heteroatoms. The SMILES string of the molecule is CCCn1c(=O)c2c([nH]c3[n+]2C[C@@H](C)CN3c2ccc(F)cc2)n(C)c1=O. The molecular formula is C19H23FN5O2+. The molecule has 1 aliphatic heterocycles. The summed E-state index contributed by atoms with van der Waals surface area (Å²) >= 11 is 0. The van der Waals surface area contributed by atoms with Crippen LogP contribution < -0.4 is 20.7 Å². The van der Waals surface area contributed by atoms with Gasteiger partial charge in [-0.05, 0) is 30.7 Å². The Morgan fingerprint density at radius 3 is 2.63 bits per heavy atom. The van der Waals surface area contributed by atoms with Gasteiger partial charge in [0, 0.05) is 19.5 Å². The highest BCUT2D eigenvalue weighted by Gasteiger charge is 2.35. The number of H-pyrrole nitrogens is 1. The summed E-state index contributed by atoms with van der Waals surface area (Å²) in [7, 11) is 1.67. The number of fused-ring (bicyclic) bond motifs is 3. The van der Waals surface area contributed by atoms with E-state index in [1.165, 1.54) is 21.3 Å². The monoisotopic (exact) mass is 372 g/mol. The molecule has 0 radical (unpaired) electrons. The van der Waals surface area contributed by atoms with Crippen LogP contribution in [-0.2, 0) is 20.1 Å². The molecule has 0 spiro atoms. The van der Waals surface area contributed by atoms with Crippen molar-refractivity contribution in [3.63, 3.8) is 0 Å². The molecule has 3 aromatic rings. The molecule has 1 aromatic carbocycles. The van der Waals surface area contributed by atoms with E-state index in [9.17, 15) is 14.0 Å². The van der Waals surface area contributed by atoms with Crippen molar-refractivity contribution in [2.45, 2.75) is 33.4 Å². The molecule has 142 valence electrons. The lowest BCUT2D eigenvalue weighted by Crippen LogP contribution is -2.52. The van der Waals surface area contributed by atoms with Crippen LogP contribution in [0, 0.1) is 11.7 Å². The third-order valence-electron chi connectivity index (χ3n) is 5.11. The molecule has 3 heterocycles. The minimum Gasteiger partial charge on any atom is -0.267 e. The van der Waals surface area contributed by atoms with Gasteiger partial charge in [0.05, 0.1) is 13.1 Å². The van der Waals surface area contributed by atoms with E-state index in [4.69, 9.17) is 0 Å². The molecule has 2 aromatic heterocycles. The van der Waals surface area contributed by atoms with Gasteiger partial charge in [-0.2, -0.15) is 0 Å². The fraction of sp³-hybridized carbons (Fsp3) is 0.421. The van der Waals surface area contributed by atoms with Crippen LogP contribution in [0.1, 0.15) is 20.3 Å². The van der Waals surface area contributed by atoms with Gasteiger partial charge in [-0.1, -0.05) is 13.8 Å². The molecule has 0 amide bonds. The van der Waals surface area contributed by atoms with Gasteiger partial charge in [-0.25, -0.2) is 23.6 Å². The Hall–Kier alpha value is -2.90. The van der Waals surface area contributed by atoms with Crippen molar-refractivity contribution in [3.05, 3.63) is 50.9 Å². The first-order chi connectivity index (χ1) is 12.9. The van der Waals surface area contributed by atoms with Crippen LogP contribution in [0.5, 0.6) is 0 Å². The lowest BCUT2D eigenvalue weighted by molar-refractivity contribution is -0.669. The fourth-order valence-electron chi connectivity index (χ4n) is 3.85. The number of nitrogens with zero attached hydrogens (tertiary/aromatic N) is 4. The van der Waals surface area contributed by atoms with Gasteiger partial charge >= 0.3 is 11.6 Å². The smallest absolute Gasteiger partial charge is 0.267 e. The van der Waals surface area contributed by atoms with E-state index in [0.29, 0.717) is 30.7 Å². The van der Waals surface area contributed by atoms with E-state index in [-0.39, 0.29) is 23.0 Å². The van der Waals surface area contributed by atoms with E-state index in [1.54, 1.807) is 19.2 Å². The Bertz CT molecular complexity index is 1130. The molecule has 1 atom stereocenters. The predicted octanol–water partition coefficient (Wildman–Crippen LogP) is 1.65. The normalized spacial score (nSPS) is 16.7. The number of aryl methyl sites for hydroxylation is 1. The molecule has 0 aliphatic carbocycles. The number of nitrogens with one attached hydrogen (secondary N) is 1.